The lowest BCUT2D eigenvalue weighted by Crippen LogP contribution is -2.29. The second-order valence-corrected chi connectivity index (χ2v) is 4.83. The van der Waals surface area contributed by atoms with Gasteiger partial charge in [-0.2, -0.15) is 0 Å². The van der Waals surface area contributed by atoms with Gasteiger partial charge in [-0.3, -0.25) is 9.59 Å². The molecule has 0 bridgehead atoms. The number of carbonyl (C=O) groups is 2. The molecule has 1 aliphatic rings. The largest absolute Gasteiger partial charge is 0.369 e. The molecule has 1 saturated heterocycles. The van der Waals surface area contributed by atoms with Gasteiger partial charge in [0.25, 0.3) is 0 Å². The van der Waals surface area contributed by atoms with E-state index in [1.165, 1.54) is 0 Å². The zero-order valence-corrected chi connectivity index (χ0v) is 10.9. The Morgan fingerprint density at radius 1 is 1.65 bits per heavy atom. The van der Waals surface area contributed by atoms with Gasteiger partial charge in [-0.1, -0.05) is 0 Å². The molecular formula is C11H12BrN3O2. The number of amides is 2. The van der Waals surface area contributed by atoms with E-state index < -0.39 is 11.8 Å². The highest BCUT2D eigenvalue weighted by Gasteiger charge is 2.35. The number of halogens is 1. The molecule has 6 heteroatoms. The first-order chi connectivity index (χ1) is 8.00. The highest BCUT2D eigenvalue weighted by atomic mass is 79.9. The zero-order chi connectivity index (χ0) is 12.6. The van der Waals surface area contributed by atoms with E-state index in [1.54, 1.807) is 11.1 Å². The molecule has 5 nitrogen and oxygen atoms in total. The van der Waals surface area contributed by atoms with Crippen molar-refractivity contribution in [3.63, 3.8) is 0 Å². The summed E-state index contributed by atoms with van der Waals surface area (Å²) < 4.78 is 0.607. The average molecular weight is 298 g/mol. The zero-order valence-electron chi connectivity index (χ0n) is 9.31. The van der Waals surface area contributed by atoms with Crippen molar-refractivity contribution in [2.75, 3.05) is 11.4 Å². The fraction of sp³-hybridized carbons (Fsp3) is 0.364. The Morgan fingerprint density at radius 3 is 2.88 bits per heavy atom. The van der Waals surface area contributed by atoms with Gasteiger partial charge in [0.05, 0.1) is 11.6 Å². The number of pyridine rings is 1. The van der Waals surface area contributed by atoms with Crippen LogP contribution in [-0.2, 0) is 9.59 Å². The molecule has 1 atom stereocenters. The summed E-state index contributed by atoms with van der Waals surface area (Å²) in [6.45, 7) is 2.23. The van der Waals surface area contributed by atoms with Crippen LogP contribution in [-0.4, -0.2) is 23.3 Å². The number of nitrogens with two attached hydrogens (primary N) is 1. The Hall–Kier alpha value is -1.43. The van der Waals surface area contributed by atoms with Crippen LogP contribution in [0.2, 0.25) is 0 Å². The summed E-state index contributed by atoms with van der Waals surface area (Å²) >= 11 is 3.32. The van der Waals surface area contributed by atoms with Gasteiger partial charge in [-0.05, 0) is 34.5 Å². The van der Waals surface area contributed by atoms with E-state index in [9.17, 15) is 9.59 Å². The maximum absolute atomic E-state index is 11.9. The van der Waals surface area contributed by atoms with Crippen molar-refractivity contribution < 1.29 is 9.59 Å². The van der Waals surface area contributed by atoms with Crippen LogP contribution in [0.25, 0.3) is 0 Å². The number of primary amides is 1. The van der Waals surface area contributed by atoms with Crippen LogP contribution < -0.4 is 10.6 Å². The molecule has 2 heterocycles. The second-order valence-electron chi connectivity index (χ2n) is 4.08. The summed E-state index contributed by atoms with van der Waals surface area (Å²) in [4.78, 5) is 28.6. The Balaban J connectivity index is 2.35. The maximum atomic E-state index is 11.9. The van der Waals surface area contributed by atoms with Crippen molar-refractivity contribution >= 4 is 33.4 Å². The molecule has 17 heavy (non-hydrogen) atoms. The monoisotopic (exact) mass is 297 g/mol. The molecule has 2 amide bonds. The third-order valence-electron chi connectivity index (χ3n) is 2.88. The summed E-state index contributed by atoms with van der Waals surface area (Å²) in [5.41, 5.74) is 6.89. The molecule has 1 aromatic rings. The molecular weight excluding hydrogens is 286 g/mol. The van der Waals surface area contributed by atoms with Gasteiger partial charge in [-0.25, -0.2) is 4.98 Å². The first-order valence-corrected chi connectivity index (χ1v) is 6.00. The highest BCUT2D eigenvalue weighted by molar-refractivity contribution is 9.10. The molecule has 0 aromatic carbocycles. The van der Waals surface area contributed by atoms with Crippen LogP contribution in [0.1, 0.15) is 12.0 Å². The van der Waals surface area contributed by atoms with Gasteiger partial charge < -0.3 is 10.6 Å². The van der Waals surface area contributed by atoms with Crippen molar-refractivity contribution in [2.45, 2.75) is 13.3 Å². The number of anilines is 1. The van der Waals surface area contributed by atoms with Gasteiger partial charge in [-0.15, -0.1) is 0 Å². The van der Waals surface area contributed by atoms with Crippen LogP contribution >= 0.6 is 15.9 Å². The first kappa shape index (κ1) is 12.0. The molecule has 1 unspecified atom stereocenters. The number of aryl methyl sites for hydroxylation is 1. The summed E-state index contributed by atoms with van der Waals surface area (Å²) in [7, 11) is 0. The van der Waals surface area contributed by atoms with Gasteiger partial charge in [0, 0.05) is 19.2 Å². The normalized spacial score (nSPS) is 19.8. The number of rotatable bonds is 2. The lowest BCUT2D eigenvalue weighted by Gasteiger charge is -2.19. The minimum atomic E-state index is -0.432. The van der Waals surface area contributed by atoms with E-state index in [-0.39, 0.29) is 12.3 Å². The van der Waals surface area contributed by atoms with Crippen LogP contribution in [0, 0.1) is 12.8 Å². The van der Waals surface area contributed by atoms with E-state index in [0.29, 0.717) is 11.1 Å². The maximum Gasteiger partial charge on any atom is 0.227 e. The predicted octanol–water partition coefficient (Wildman–Crippen LogP) is 0.991. The van der Waals surface area contributed by atoms with Crippen LogP contribution in [0.4, 0.5) is 5.69 Å². The minimum absolute atomic E-state index is 0.0920. The van der Waals surface area contributed by atoms with Crippen molar-refractivity contribution in [3.05, 3.63) is 22.4 Å². The topological polar surface area (TPSA) is 76.3 Å². The van der Waals surface area contributed by atoms with Gasteiger partial charge in [0.15, 0.2) is 0 Å². The molecule has 2 rings (SSSR count). The van der Waals surface area contributed by atoms with E-state index in [4.69, 9.17) is 5.73 Å². The Morgan fingerprint density at radius 2 is 2.35 bits per heavy atom. The van der Waals surface area contributed by atoms with Gasteiger partial charge in [0.1, 0.15) is 4.60 Å². The molecule has 1 aromatic heterocycles. The number of carbonyl (C=O) groups excluding carboxylic acids is 2. The first-order valence-electron chi connectivity index (χ1n) is 5.21. The SMILES string of the molecule is Cc1ccnc(Br)c1N1CC(C(N)=O)CC1=O. The molecule has 90 valence electrons. The summed E-state index contributed by atoms with van der Waals surface area (Å²) in [6, 6.07) is 1.82. The predicted molar refractivity (Wildman–Crippen MR) is 66.3 cm³/mol. The number of hydrogen-bond donors (Lipinski definition) is 1. The Kier molecular flexibility index (Phi) is 3.15. The Bertz CT molecular complexity index is 469. The fourth-order valence-corrected chi connectivity index (χ4v) is 2.60. The smallest absolute Gasteiger partial charge is 0.227 e. The number of aromatic nitrogens is 1. The summed E-state index contributed by atoms with van der Waals surface area (Å²) in [5.74, 6) is -0.932. The minimum Gasteiger partial charge on any atom is -0.369 e. The van der Waals surface area contributed by atoms with E-state index in [1.807, 2.05) is 13.0 Å². The lowest BCUT2D eigenvalue weighted by atomic mass is 10.1. The molecule has 0 saturated carbocycles. The third-order valence-corrected chi connectivity index (χ3v) is 3.46. The van der Waals surface area contributed by atoms with E-state index in [2.05, 4.69) is 20.9 Å². The standard InChI is InChI=1S/C11H12BrN3O2/c1-6-2-3-14-10(12)9(6)15-5-7(11(13)17)4-8(15)16/h2-3,7H,4-5H2,1H3,(H2,13,17). The van der Waals surface area contributed by atoms with Crippen molar-refractivity contribution in [1.29, 1.82) is 0 Å². The fourth-order valence-electron chi connectivity index (χ4n) is 1.96. The van der Waals surface area contributed by atoms with E-state index >= 15 is 0 Å². The van der Waals surface area contributed by atoms with Gasteiger partial charge in [0.2, 0.25) is 11.8 Å². The molecule has 1 aliphatic heterocycles. The van der Waals surface area contributed by atoms with Crippen LogP contribution in [0.15, 0.2) is 16.9 Å². The molecule has 2 N–H and O–H groups in total. The lowest BCUT2D eigenvalue weighted by molar-refractivity contribution is -0.123. The quantitative estimate of drug-likeness (QED) is 0.827. The Labute approximate surface area is 107 Å². The van der Waals surface area contributed by atoms with Crippen molar-refractivity contribution in [1.82, 2.24) is 4.98 Å². The van der Waals surface area contributed by atoms with Crippen molar-refractivity contribution in [3.8, 4) is 0 Å². The molecule has 0 radical (unpaired) electrons. The molecule has 0 aliphatic carbocycles. The summed E-state index contributed by atoms with van der Waals surface area (Å²) in [5, 5.41) is 0. The number of hydrogen-bond acceptors (Lipinski definition) is 3. The molecule has 0 spiro atoms. The molecule has 1 fully saturated rings. The van der Waals surface area contributed by atoms with Gasteiger partial charge >= 0.3 is 0 Å². The van der Waals surface area contributed by atoms with Crippen molar-refractivity contribution in [2.24, 2.45) is 11.7 Å². The van der Waals surface area contributed by atoms with E-state index in [0.717, 1.165) is 11.3 Å². The summed E-state index contributed by atoms with van der Waals surface area (Å²) in [6.07, 6.45) is 1.84. The van der Waals surface area contributed by atoms with Crippen LogP contribution in [0.5, 0.6) is 0 Å². The number of nitrogens with zero attached hydrogens (tertiary/aromatic N) is 2. The highest BCUT2D eigenvalue weighted by Crippen LogP contribution is 2.32. The van der Waals surface area contributed by atoms with Crippen LogP contribution in [0.3, 0.4) is 0 Å². The average Bonchev–Trinajstić information content (AvgIpc) is 2.61. The second kappa shape index (κ2) is 4.44. The third kappa shape index (κ3) is 2.17.